The molecule has 8 heteroatoms. The van der Waals surface area contributed by atoms with E-state index in [1.807, 2.05) is 0 Å². The molecule has 2 rings (SSSR count). The van der Waals surface area contributed by atoms with E-state index in [-0.39, 0.29) is 11.8 Å². The van der Waals surface area contributed by atoms with Crippen LogP contribution in [0.5, 0.6) is 0 Å². The van der Waals surface area contributed by atoms with Crippen molar-refractivity contribution in [3.63, 3.8) is 0 Å². The number of carbonyl (C=O) groups is 3. The van der Waals surface area contributed by atoms with Gasteiger partial charge in [-0.25, -0.2) is 9.48 Å². The molecule has 0 fully saturated rings. The number of hydrogen-bond donors (Lipinski definition) is 2. The summed E-state index contributed by atoms with van der Waals surface area (Å²) in [5, 5.41) is 9.54. The molecule has 0 unspecified atom stereocenters. The molecule has 1 aromatic carbocycles. The molecule has 8 nitrogen and oxygen atoms in total. The Balaban J connectivity index is 2.04. The van der Waals surface area contributed by atoms with Crippen LogP contribution in [0.15, 0.2) is 30.5 Å². The highest BCUT2D eigenvalue weighted by Gasteiger charge is 2.16. The highest BCUT2D eigenvalue weighted by atomic mass is 16.5. The fourth-order valence-corrected chi connectivity index (χ4v) is 2.35. The number of benzene rings is 1. The topological polar surface area (TPSA) is 102 Å². The molecular weight excluding hydrogens is 336 g/mol. The van der Waals surface area contributed by atoms with Gasteiger partial charge in [0.2, 0.25) is 5.91 Å². The Morgan fingerprint density at radius 2 is 1.77 bits per heavy atom. The van der Waals surface area contributed by atoms with E-state index in [2.05, 4.69) is 15.7 Å². The van der Waals surface area contributed by atoms with Crippen molar-refractivity contribution in [3.05, 3.63) is 47.3 Å². The molecular formula is C18H22N4O4. The van der Waals surface area contributed by atoms with Gasteiger partial charge in [-0.1, -0.05) is 0 Å². The van der Waals surface area contributed by atoms with Crippen LogP contribution in [0.3, 0.4) is 0 Å². The fraction of sp³-hybridized carbons (Fsp3) is 0.333. The number of nitrogens with zero attached hydrogens (tertiary/aromatic N) is 2. The first-order valence-corrected chi connectivity index (χ1v) is 8.28. The molecule has 0 aliphatic heterocycles. The standard InChI is InChI=1S/C18H22N4O4/c1-4-26-18(25)16-11-21-22(12(16)2)15-7-5-14(6-8-15)17(24)20-10-9-19-13(3)23/h5-8,11H,4,9-10H2,1-3H3,(H,19,23)(H,20,24). The lowest BCUT2D eigenvalue weighted by atomic mass is 10.2. The third-order valence-electron chi connectivity index (χ3n) is 3.66. The second-order valence-corrected chi connectivity index (χ2v) is 5.56. The smallest absolute Gasteiger partial charge is 0.341 e. The van der Waals surface area contributed by atoms with Gasteiger partial charge in [0.15, 0.2) is 0 Å². The Hall–Kier alpha value is -3.16. The number of carbonyl (C=O) groups excluding carboxylic acids is 3. The van der Waals surface area contributed by atoms with Gasteiger partial charge >= 0.3 is 5.97 Å². The first-order chi connectivity index (χ1) is 12.4. The van der Waals surface area contributed by atoms with Gasteiger partial charge in [0, 0.05) is 25.6 Å². The van der Waals surface area contributed by atoms with E-state index in [1.54, 1.807) is 42.8 Å². The van der Waals surface area contributed by atoms with Crippen LogP contribution >= 0.6 is 0 Å². The van der Waals surface area contributed by atoms with E-state index in [0.717, 1.165) is 5.69 Å². The molecule has 0 bridgehead atoms. The summed E-state index contributed by atoms with van der Waals surface area (Å²) < 4.78 is 6.61. The number of ether oxygens (including phenoxy) is 1. The molecule has 0 saturated heterocycles. The molecule has 0 saturated carbocycles. The molecule has 0 radical (unpaired) electrons. The van der Waals surface area contributed by atoms with Gasteiger partial charge < -0.3 is 15.4 Å². The summed E-state index contributed by atoms with van der Waals surface area (Å²) in [5.41, 5.74) is 2.29. The van der Waals surface area contributed by atoms with Gasteiger partial charge in [-0.2, -0.15) is 5.10 Å². The van der Waals surface area contributed by atoms with Crippen LogP contribution in [0.25, 0.3) is 5.69 Å². The summed E-state index contributed by atoms with van der Waals surface area (Å²) in [4.78, 5) is 34.7. The van der Waals surface area contributed by atoms with Gasteiger partial charge in [-0.15, -0.1) is 0 Å². The summed E-state index contributed by atoms with van der Waals surface area (Å²) in [7, 11) is 0. The van der Waals surface area contributed by atoms with Crippen LogP contribution in [0, 0.1) is 6.92 Å². The van der Waals surface area contributed by atoms with Gasteiger partial charge in [-0.3, -0.25) is 9.59 Å². The average Bonchev–Trinajstić information content (AvgIpc) is 3.00. The lowest BCUT2D eigenvalue weighted by Crippen LogP contribution is -2.33. The Labute approximate surface area is 151 Å². The predicted octanol–water partition coefficient (Wildman–Crippen LogP) is 1.22. The summed E-state index contributed by atoms with van der Waals surface area (Å²) in [6.07, 6.45) is 1.47. The molecule has 2 N–H and O–H groups in total. The number of hydrogen-bond acceptors (Lipinski definition) is 5. The Bertz CT molecular complexity index is 796. The van der Waals surface area contributed by atoms with E-state index in [9.17, 15) is 14.4 Å². The van der Waals surface area contributed by atoms with Crippen molar-refractivity contribution in [2.24, 2.45) is 0 Å². The SMILES string of the molecule is CCOC(=O)c1cnn(-c2ccc(C(=O)NCCNC(C)=O)cc2)c1C. The Kier molecular flexibility index (Phi) is 6.48. The summed E-state index contributed by atoms with van der Waals surface area (Å²) in [6.45, 7) is 5.98. The Morgan fingerprint density at radius 1 is 1.12 bits per heavy atom. The zero-order valence-electron chi connectivity index (χ0n) is 15.0. The van der Waals surface area contributed by atoms with Crippen molar-refractivity contribution >= 4 is 17.8 Å². The van der Waals surface area contributed by atoms with Crippen LogP contribution in [0.4, 0.5) is 0 Å². The minimum Gasteiger partial charge on any atom is -0.462 e. The van der Waals surface area contributed by atoms with Gasteiger partial charge in [0.1, 0.15) is 5.56 Å². The third-order valence-corrected chi connectivity index (χ3v) is 3.66. The summed E-state index contributed by atoms with van der Waals surface area (Å²) in [6, 6.07) is 6.85. The van der Waals surface area contributed by atoms with Gasteiger partial charge in [0.25, 0.3) is 5.91 Å². The number of aromatic nitrogens is 2. The second-order valence-electron chi connectivity index (χ2n) is 5.56. The average molecular weight is 358 g/mol. The van der Waals surface area contributed by atoms with E-state index in [0.29, 0.717) is 36.5 Å². The van der Waals surface area contributed by atoms with Gasteiger partial charge in [0.05, 0.1) is 24.2 Å². The van der Waals surface area contributed by atoms with E-state index in [4.69, 9.17) is 4.74 Å². The zero-order valence-corrected chi connectivity index (χ0v) is 15.0. The second kappa shape index (κ2) is 8.80. The molecule has 2 amide bonds. The van der Waals surface area contributed by atoms with Crippen molar-refractivity contribution in [1.82, 2.24) is 20.4 Å². The minimum absolute atomic E-state index is 0.139. The molecule has 2 aromatic rings. The maximum atomic E-state index is 12.1. The van der Waals surface area contributed by atoms with E-state index in [1.165, 1.54) is 13.1 Å². The molecule has 0 atom stereocenters. The van der Waals surface area contributed by atoms with E-state index >= 15 is 0 Å². The number of amides is 2. The normalized spacial score (nSPS) is 10.3. The lowest BCUT2D eigenvalue weighted by molar-refractivity contribution is -0.118. The third kappa shape index (κ3) is 4.69. The zero-order chi connectivity index (χ0) is 19.1. The molecule has 0 aliphatic carbocycles. The van der Waals surface area contributed by atoms with E-state index < -0.39 is 5.97 Å². The van der Waals surface area contributed by atoms with Crippen LogP contribution in [-0.4, -0.2) is 47.3 Å². The van der Waals surface area contributed by atoms with Crippen molar-refractivity contribution in [2.75, 3.05) is 19.7 Å². The number of nitrogens with one attached hydrogen (secondary N) is 2. The molecule has 138 valence electrons. The van der Waals surface area contributed by atoms with Crippen molar-refractivity contribution in [1.29, 1.82) is 0 Å². The maximum Gasteiger partial charge on any atom is 0.341 e. The van der Waals surface area contributed by atoms with Crippen molar-refractivity contribution in [2.45, 2.75) is 20.8 Å². The molecule has 1 heterocycles. The predicted molar refractivity (Wildman–Crippen MR) is 95.3 cm³/mol. The first-order valence-electron chi connectivity index (χ1n) is 8.28. The summed E-state index contributed by atoms with van der Waals surface area (Å²) >= 11 is 0. The van der Waals surface area contributed by atoms with Crippen LogP contribution in [-0.2, 0) is 9.53 Å². The Morgan fingerprint density at radius 3 is 2.38 bits per heavy atom. The highest BCUT2D eigenvalue weighted by Crippen LogP contribution is 2.16. The van der Waals surface area contributed by atoms with Gasteiger partial charge in [-0.05, 0) is 38.1 Å². The summed E-state index contributed by atoms with van der Waals surface area (Å²) in [5.74, 6) is -0.780. The largest absolute Gasteiger partial charge is 0.462 e. The number of rotatable bonds is 7. The lowest BCUT2D eigenvalue weighted by Gasteiger charge is -2.08. The van der Waals surface area contributed by atoms with Crippen LogP contribution in [0.1, 0.15) is 40.3 Å². The van der Waals surface area contributed by atoms with Crippen LogP contribution in [0.2, 0.25) is 0 Å². The van der Waals surface area contributed by atoms with Crippen molar-refractivity contribution < 1.29 is 19.1 Å². The molecule has 26 heavy (non-hydrogen) atoms. The fourth-order valence-electron chi connectivity index (χ4n) is 2.35. The molecule has 0 aliphatic rings. The number of esters is 1. The highest BCUT2D eigenvalue weighted by molar-refractivity contribution is 5.94. The maximum absolute atomic E-state index is 12.1. The van der Waals surface area contributed by atoms with Crippen LogP contribution < -0.4 is 10.6 Å². The minimum atomic E-state index is -0.411. The quantitative estimate of drug-likeness (QED) is 0.572. The first kappa shape index (κ1) is 19.2. The molecule has 1 aromatic heterocycles. The monoisotopic (exact) mass is 358 g/mol. The van der Waals surface area contributed by atoms with Crippen molar-refractivity contribution in [3.8, 4) is 5.69 Å². The molecule has 0 spiro atoms.